The van der Waals surface area contributed by atoms with Crippen molar-refractivity contribution in [3.05, 3.63) is 0 Å². The lowest BCUT2D eigenvalue weighted by Gasteiger charge is -2.27. The molecule has 3 unspecified atom stereocenters. The molecule has 61 heavy (non-hydrogen) atoms. The second-order valence-electron chi connectivity index (χ2n) is 13.4. The Bertz CT molecular complexity index is 1430. The Balaban J connectivity index is 5.86. The fraction of sp³-hybridized carbons (Fsp3) is 0.735. The topological polar surface area (TPSA) is 437 Å². The van der Waals surface area contributed by atoms with Crippen LogP contribution in [0, 0.1) is 0 Å². The van der Waals surface area contributed by atoms with Crippen molar-refractivity contribution in [3.8, 4) is 0 Å². The molecule has 0 aliphatic carbocycles. The highest BCUT2D eigenvalue weighted by atomic mass is 32.1. The van der Waals surface area contributed by atoms with Crippen LogP contribution in [-0.2, 0) is 47.8 Å². The summed E-state index contributed by atoms with van der Waals surface area (Å²) in [5.74, 6) is -9.48. The van der Waals surface area contributed by atoms with Crippen LogP contribution in [-0.4, -0.2) is 182 Å². The average molecular weight is 897 g/mol. The van der Waals surface area contributed by atoms with Gasteiger partial charge < -0.3 is 84.7 Å². The number of guanidine groups is 1. The summed E-state index contributed by atoms with van der Waals surface area (Å²) in [7, 11) is 1.78. The molecule has 0 rings (SSSR count). The van der Waals surface area contributed by atoms with Crippen LogP contribution in [0.25, 0.3) is 0 Å². The van der Waals surface area contributed by atoms with E-state index in [1.54, 1.807) is 7.05 Å². The second-order valence-corrected chi connectivity index (χ2v) is 13.8. The number of carboxylic acids is 3. The normalized spacial score (nSPS) is 14.4. The van der Waals surface area contributed by atoms with E-state index < -0.39 is 109 Å². The molecule has 0 saturated heterocycles. The van der Waals surface area contributed by atoms with Crippen LogP contribution in [0.5, 0.6) is 0 Å². The number of carbonyl (C=O) groups is 8. The number of rotatable bonds is 36. The van der Waals surface area contributed by atoms with E-state index in [1.807, 2.05) is 0 Å². The maximum absolute atomic E-state index is 13.5. The Kier molecular flexibility index (Phi) is 30.2. The van der Waals surface area contributed by atoms with Crippen LogP contribution in [0.1, 0.15) is 51.4 Å². The predicted molar refractivity (Wildman–Crippen MR) is 221 cm³/mol. The number of unbranched alkanes of at least 4 members (excludes halogenated alkanes) is 1. The van der Waals surface area contributed by atoms with Crippen molar-refractivity contribution in [2.75, 3.05) is 65.4 Å². The SMILES string of the molecule is CNCCOCCOCCC(=O)NC(CCCN=C(N)N)C(=O)N[C@@H](CC(=O)O)C(=O)NC(CCCCN)C(=O)NC[C@H](N)C(O)N[C@@H](CC(=O)O)C(=O)N[C@@H](CS)C(=O)O. The molecule has 0 aromatic heterocycles. The van der Waals surface area contributed by atoms with Crippen molar-refractivity contribution in [2.24, 2.45) is 27.9 Å². The third kappa shape index (κ3) is 26.8. The predicted octanol–water partition coefficient (Wildman–Crippen LogP) is -6.57. The Hall–Kier alpha value is -4.90. The molecule has 5 amide bonds. The summed E-state index contributed by atoms with van der Waals surface area (Å²) >= 11 is 3.83. The Morgan fingerprint density at radius 2 is 1.25 bits per heavy atom. The first kappa shape index (κ1) is 56.1. The first-order chi connectivity index (χ1) is 28.9. The van der Waals surface area contributed by atoms with Crippen LogP contribution in [0.4, 0.5) is 0 Å². The average Bonchev–Trinajstić information content (AvgIpc) is 3.19. The minimum absolute atomic E-state index is 0.00428. The number of aliphatic carboxylic acids is 3. The molecule has 0 radical (unpaired) electrons. The number of aliphatic hydroxyl groups excluding tert-OH is 1. The highest BCUT2D eigenvalue weighted by molar-refractivity contribution is 7.80. The molecule has 7 atom stereocenters. The monoisotopic (exact) mass is 896 g/mol. The minimum Gasteiger partial charge on any atom is -0.481 e. The lowest BCUT2D eigenvalue weighted by Crippen LogP contribution is -2.60. The highest BCUT2D eigenvalue weighted by Gasteiger charge is 2.33. The minimum atomic E-state index is -1.83. The van der Waals surface area contributed by atoms with Gasteiger partial charge in [-0.1, -0.05) is 0 Å². The van der Waals surface area contributed by atoms with Crippen LogP contribution in [0.15, 0.2) is 4.99 Å². The number of carboxylic acid groups (broad SMARTS) is 3. The number of hydrogen-bond donors (Lipinski definition) is 16. The maximum atomic E-state index is 13.5. The van der Waals surface area contributed by atoms with Gasteiger partial charge in [0.1, 0.15) is 30.4 Å². The van der Waals surface area contributed by atoms with Gasteiger partial charge in [-0.3, -0.25) is 43.9 Å². The molecule has 0 aromatic rings. The molecule has 0 aromatic carbocycles. The van der Waals surface area contributed by atoms with Crippen LogP contribution in [0.2, 0.25) is 0 Å². The molecule has 0 heterocycles. The molecule has 350 valence electrons. The summed E-state index contributed by atoms with van der Waals surface area (Å²) in [6.07, 6.45) is -2.94. The van der Waals surface area contributed by atoms with E-state index in [0.29, 0.717) is 32.6 Å². The number of carbonyl (C=O) groups excluding carboxylic acids is 5. The molecule has 0 aliphatic heterocycles. The number of aliphatic hydroxyl groups is 1. The fourth-order valence-corrected chi connectivity index (χ4v) is 5.28. The van der Waals surface area contributed by atoms with E-state index in [2.05, 4.69) is 54.8 Å². The van der Waals surface area contributed by atoms with Crippen molar-refractivity contribution < 1.29 is 68.3 Å². The molecule has 27 heteroatoms. The standard InChI is InChI=1S/C34H64N12O14S/c1-39-10-12-60-14-13-59-11-7-25(47)42-21(6-4-9-40-34(37)38)30(54)45-23(16-27(50)51)31(55)43-20(5-2-3-8-35)29(53)41-17-19(36)28(52)44-22(15-26(48)49)32(56)46-24(18-61)33(57)58/h19-24,28,39,44,52,61H,2-18,35-36H2,1H3,(H,41,53)(H,42,47)(H,43,55)(H,45,54)(H,46,56)(H,48,49)(H,50,51)(H,57,58)(H4,37,38,40)/t19-,20?,21?,22-,23-,24-,28?/m0/s1. The van der Waals surface area contributed by atoms with Crippen molar-refractivity contribution in [1.82, 2.24) is 37.2 Å². The first-order valence-electron chi connectivity index (χ1n) is 19.4. The maximum Gasteiger partial charge on any atom is 0.327 e. The van der Waals surface area contributed by atoms with Gasteiger partial charge in [-0.15, -0.1) is 0 Å². The number of nitrogens with one attached hydrogen (secondary N) is 7. The molecule has 0 aliphatic rings. The van der Waals surface area contributed by atoms with Crippen LogP contribution < -0.4 is 60.2 Å². The quantitative estimate of drug-likeness (QED) is 0.00914. The van der Waals surface area contributed by atoms with Crippen molar-refractivity contribution in [1.29, 1.82) is 0 Å². The first-order valence-corrected chi connectivity index (χ1v) is 20.0. The number of aliphatic imine (C=N–C) groups is 1. The Morgan fingerprint density at radius 3 is 1.82 bits per heavy atom. The van der Waals surface area contributed by atoms with E-state index in [9.17, 15) is 58.8 Å². The van der Waals surface area contributed by atoms with E-state index in [4.69, 9.17) is 32.4 Å². The summed E-state index contributed by atoms with van der Waals surface area (Å²) < 4.78 is 10.7. The van der Waals surface area contributed by atoms with Gasteiger partial charge in [-0.2, -0.15) is 12.6 Å². The molecular weight excluding hydrogens is 833 g/mol. The zero-order valence-corrected chi connectivity index (χ0v) is 35.0. The van der Waals surface area contributed by atoms with Crippen molar-refractivity contribution in [2.45, 2.75) is 93.8 Å². The number of hydrogen-bond acceptors (Lipinski definition) is 17. The zero-order chi connectivity index (χ0) is 46.3. The molecule has 0 fully saturated rings. The van der Waals surface area contributed by atoms with E-state index in [0.717, 1.165) is 0 Å². The number of thiol groups is 1. The third-order valence-electron chi connectivity index (χ3n) is 8.31. The summed E-state index contributed by atoms with van der Waals surface area (Å²) in [6, 6.07) is -8.91. The van der Waals surface area contributed by atoms with Gasteiger partial charge in [0.15, 0.2) is 5.96 Å². The lowest BCUT2D eigenvalue weighted by molar-refractivity contribution is -0.143. The lowest BCUT2D eigenvalue weighted by atomic mass is 10.1. The van der Waals surface area contributed by atoms with Gasteiger partial charge in [-0.25, -0.2) is 4.79 Å². The smallest absolute Gasteiger partial charge is 0.327 e. The number of amides is 5. The number of nitrogens with zero attached hydrogens (tertiary/aromatic N) is 1. The van der Waals surface area contributed by atoms with Crippen molar-refractivity contribution in [3.63, 3.8) is 0 Å². The molecule has 0 saturated carbocycles. The fourth-order valence-electron chi connectivity index (χ4n) is 5.03. The third-order valence-corrected chi connectivity index (χ3v) is 8.68. The van der Waals surface area contributed by atoms with Crippen molar-refractivity contribution >= 4 is 66.0 Å². The molecule has 0 spiro atoms. The molecular formula is C34H64N12O14S. The number of nitrogens with two attached hydrogens (primary N) is 4. The van der Waals surface area contributed by atoms with Gasteiger partial charge in [0.2, 0.25) is 29.5 Å². The summed E-state index contributed by atoms with van der Waals surface area (Å²) in [5, 5.41) is 55.7. The summed E-state index contributed by atoms with van der Waals surface area (Å²) in [5.41, 5.74) is 22.3. The van der Waals surface area contributed by atoms with E-state index in [1.165, 1.54) is 0 Å². The highest BCUT2D eigenvalue weighted by Crippen LogP contribution is 2.07. The zero-order valence-electron chi connectivity index (χ0n) is 34.1. The summed E-state index contributed by atoms with van der Waals surface area (Å²) in [6.45, 7) is 1.42. The van der Waals surface area contributed by atoms with Gasteiger partial charge >= 0.3 is 17.9 Å². The van der Waals surface area contributed by atoms with Gasteiger partial charge in [-0.05, 0) is 45.7 Å². The molecule has 19 N–H and O–H groups in total. The largest absolute Gasteiger partial charge is 0.481 e. The Labute approximate surface area is 358 Å². The van der Waals surface area contributed by atoms with Gasteiger partial charge in [0.25, 0.3) is 0 Å². The number of ether oxygens (including phenoxy) is 2. The Morgan fingerprint density at radius 1 is 0.705 bits per heavy atom. The number of likely N-dealkylation sites (N-methyl/N-ethyl adjacent to an activating group) is 1. The molecule has 0 bridgehead atoms. The second kappa shape index (κ2) is 32.8. The summed E-state index contributed by atoms with van der Waals surface area (Å²) in [4.78, 5) is 104. The van der Waals surface area contributed by atoms with Crippen LogP contribution >= 0.6 is 12.6 Å². The van der Waals surface area contributed by atoms with Gasteiger partial charge in [0, 0.05) is 31.8 Å². The van der Waals surface area contributed by atoms with E-state index in [-0.39, 0.29) is 63.7 Å². The van der Waals surface area contributed by atoms with Crippen LogP contribution in [0.3, 0.4) is 0 Å². The van der Waals surface area contributed by atoms with Gasteiger partial charge in [0.05, 0.1) is 51.4 Å². The van der Waals surface area contributed by atoms with E-state index >= 15 is 0 Å². The molecule has 26 nitrogen and oxygen atoms in total.